The maximum absolute atomic E-state index is 11.1. The number of hydrogen-bond donors (Lipinski definition) is 2. The van der Waals surface area contributed by atoms with Gasteiger partial charge in [-0.05, 0) is 26.0 Å². The highest BCUT2D eigenvalue weighted by atomic mass is 32.2. The van der Waals surface area contributed by atoms with Gasteiger partial charge in [-0.25, -0.2) is 0 Å². The van der Waals surface area contributed by atoms with Gasteiger partial charge in [-0.15, -0.1) is 11.8 Å². The topological polar surface area (TPSA) is 58.6 Å². The number of thioether (sulfide) groups is 2. The zero-order valence-electron chi connectivity index (χ0n) is 10.3. The molecule has 0 saturated carbocycles. The molecule has 1 rings (SSSR count). The molecule has 3 atom stereocenters. The van der Waals surface area contributed by atoms with Crippen molar-refractivity contribution in [3.63, 3.8) is 0 Å². The SMILES string of the molecule is CCOC(=O)CSCCC1NC(C(C)O)CS1. The zero-order chi connectivity index (χ0) is 12.7. The van der Waals surface area contributed by atoms with Crippen molar-refractivity contribution >= 4 is 29.5 Å². The summed E-state index contributed by atoms with van der Waals surface area (Å²) in [6.07, 6.45) is 0.720. The molecule has 1 heterocycles. The second kappa shape index (κ2) is 8.24. The van der Waals surface area contributed by atoms with Gasteiger partial charge in [0.25, 0.3) is 0 Å². The van der Waals surface area contributed by atoms with E-state index in [1.807, 2.05) is 25.6 Å². The van der Waals surface area contributed by atoms with Crippen LogP contribution in [0.2, 0.25) is 0 Å². The largest absolute Gasteiger partial charge is 0.465 e. The van der Waals surface area contributed by atoms with Crippen LogP contribution in [0.1, 0.15) is 20.3 Å². The first-order valence-electron chi connectivity index (χ1n) is 5.92. The van der Waals surface area contributed by atoms with Crippen LogP contribution in [0.4, 0.5) is 0 Å². The van der Waals surface area contributed by atoms with Crippen molar-refractivity contribution in [3.8, 4) is 0 Å². The van der Waals surface area contributed by atoms with E-state index in [1.165, 1.54) is 0 Å². The van der Waals surface area contributed by atoms with Gasteiger partial charge in [-0.3, -0.25) is 10.1 Å². The lowest BCUT2D eigenvalue weighted by Crippen LogP contribution is -2.38. The minimum absolute atomic E-state index is 0.133. The Morgan fingerprint density at radius 2 is 2.47 bits per heavy atom. The van der Waals surface area contributed by atoms with E-state index in [1.54, 1.807) is 11.8 Å². The minimum atomic E-state index is -0.292. The molecule has 0 aromatic heterocycles. The van der Waals surface area contributed by atoms with E-state index < -0.39 is 0 Å². The van der Waals surface area contributed by atoms with Gasteiger partial charge < -0.3 is 9.84 Å². The van der Waals surface area contributed by atoms with Crippen molar-refractivity contribution in [1.29, 1.82) is 0 Å². The van der Waals surface area contributed by atoms with Crippen molar-refractivity contribution in [2.45, 2.75) is 37.8 Å². The predicted molar refractivity (Wildman–Crippen MR) is 73.4 cm³/mol. The summed E-state index contributed by atoms with van der Waals surface area (Å²) in [5.74, 6) is 2.21. The number of carbonyl (C=O) groups is 1. The van der Waals surface area contributed by atoms with Crippen LogP contribution in [0, 0.1) is 0 Å². The number of rotatable bonds is 7. The van der Waals surface area contributed by atoms with E-state index in [-0.39, 0.29) is 18.1 Å². The molecule has 0 bridgehead atoms. The molecular formula is C11H21NO3S2. The summed E-state index contributed by atoms with van der Waals surface area (Å²) in [7, 11) is 0. The number of esters is 1. The Morgan fingerprint density at radius 3 is 3.06 bits per heavy atom. The highest BCUT2D eigenvalue weighted by Gasteiger charge is 2.26. The molecule has 6 heteroatoms. The summed E-state index contributed by atoms with van der Waals surface area (Å²) in [5.41, 5.74) is 0. The van der Waals surface area contributed by atoms with Crippen LogP contribution >= 0.6 is 23.5 Å². The van der Waals surface area contributed by atoms with Crippen LogP contribution in [0.3, 0.4) is 0 Å². The van der Waals surface area contributed by atoms with Gasteiger partial charge in [0.15, 0.2) is 0 Å². The fourth-order valence-corrected chi connectivity index (χ4v) is 3.86. The number of ether oxygens (including phenoxy) is 1. The predicted octanol–water partition coefficient (Wildman–Crippen LogP) is 1.08. The summed E-state index contributed by atoms with van der Waals surface area (Å²) in [6, 6.07) is 0.208. The molecule has 1 saturated heterocycles. The standard InChI is InChI=1S/C11H21NO3S2/c1-3-15-11(14)7-16-5-4-10-12-9(6-17-10)8(2)13/h8-10,12-13H,3-7H2,1-2H3. The normalized spacial score (nSPS) is 25.8. The van der Waals surface area contributed by atoms with Gasteiger partial charge in [0, 0.05) is 11.8 Å². The minimum Gasteiger partial charge on any atom is -0.465 e. The van der Waals surface area contributed by atoms with Crippen molar-refractivity contribution in [2.24, 2.45) is 0 Å². The van der Waals surface area contributed by atoms with Crippen LogP contribution in [-0.2, 0) is 9.53 Å². The van der Waals surface area contributed by atoms with Crippen molar-refractivity contribution in [1.82, 2.24) is 5.32 Å². The molecule has 100 valence electrons. The lowest BCUT2D eigenvalue weighted by Gasteiger charge is -2.15. The third-order valence-corrected chi connectivity index (χ3v) is 4.80. The molecule has 2 N–H and O–H groups in total. The first kappa shape index (κ1) is 15.1. The summed E-state index contributed by atoms with van der Waals surface area (Å²) < 4.78 is 4.85. The first-order valence-corrected chi connectivity index (χ1v) is 8.13. The first-order chi connectivity index (χ1) is 8.13. The smallest absolute Gasteiger partial charge is 0.315 e. The molecule has 4 nitrogen and oxygen atoms in total. The molecule has 3 unspecified atom stereocenters. The molecule has 0 spiro atoms. The molecular weight excluding hydrogens is 258 g/mol. The summed E-state index contributed by atoms with van der Waals surface area (Å²) in [5, 5.41) is 13.2. The van der Waals surface area contributed by atoms with Crippen LogP contribution in [0.15, 0.2) is 0 Å². The quantitative estimate of drug-likeness (QED) is 0.537. The molecule has 0 amide bonds. The molecule has 0 aromatic carbocycles. The second-order valence-corrected chi connectivity index (χ2v) is 6.32. The second-order valence-electron chi connectivity index (χ2n) is 3.98. The molecule has 1 fully saturated rings. The van der Waals surface area contributed by atoms with Gasteiger partial charge >= 0.3 is 5.97 Å². The Kier molecular flexibility index (Phi) is 7.34. The fourth-order valence-electron chi connectivity index (χ4n) is 1.55. The molecule has 0 aliphatic carbocycles. The average molecular weight is 279 g/mol. The number of aliphatic hydroxyl groups excluding tert-OH is 1. The Balaban J connectivity index is 2.02. The van der Waals surface area contributed by atoms with Crippen molar-refractivity contribution in [3.05, 3.63) is 0 Å². The van der Waals surface area contributed by atoms with Gasteiger partial charge in [0.1, 0.15) is 0 Å². The maximum Gasteiger partial charge on any atom is 0.315 e. The van der Waals surface area contributed by atoms with Crippen molar-refractivity contribution < 1.29 is 14.6 Å². The van der Waals surface area contributed by atoms with Gasteiger partial charge in [-0.1, -0.05) is 0 Å². The van der Waals surface area contributed by atoms with Crippen LogP contribution in [0.25, 0.3) is 0 Å². The zero-order valence-corrected chi connectivity index (χ0v) is 12.0. The number of nitrogens with one attached hydrogen (secondary N) is 1. The number of carbonyl (C=O) groups excluding carboxylic acids is 1. The van der Waals surface area contributed by atoms with E-state index >= 15 is 0 Å². The Labute approximate surface area is 111 Å². The summed E-state index contributed by atoms with van der Waals surface area (Å²) in [4.78, 5) is 11.1. The average Bonchev–Trinajstić information content (AvgIpc) is 2.73. The van der Waals surface area contributed by atoms with Crippen LogP contribution in [0.5, 0.6) is 0 Å². The Morgan fingerprint density at radius 1 is 1.71 bits per heavy atom. The van der Waals surface area contributed by atoms with Gasteiger partial charge in [0.2, 0.25) is 0 Å². The molecule has 1 aliphatic heterocycles. The van der Waals surface area contributed by atoms with E-state index in [0.717, 1.165) is 17.9 Å². The summed E-state index contributed by atoms with van der Waals surface area (Å²) >= 11 is 3.45. The lowest BCUT2D eigenvalue weighted by molar-refractivity contribution is -0.139. The summed E-state index contributed by atoms with van der Waals surface area (Å²) in [6.45, 7) is 4.09. The Hall–Kier alpha value is 0.0900. The Bertz CT molecular complexity index is 239. The molecule has 1 aliphatic rings. The third kappa shape index (κ3) is 5.99. The van der Waals surface area contributed by atoms with E-state index in [2.05, 4.69) is 5.32 Å². The van der Waals surface area contributed by atoms with E-state index in [4.69, 9.17) is 4.74 Å². The highest BCUT2D eigenvalue weighted by molar-refractivity contribution is 8.00. The molecule has 17 heavy (non-hydrogen) atoms. The number of hydrogen-bond acceptors (Lipinski definition) is 6. The highest BCUT2D eigenvalue weighted by Crippen LogP contribution is 2.24. The molecule has 0 radical (unpaired) electrons. The monoisotopic (exact) mass is 279 g/mol. The lowest BCUT2D eigenvalue weighted by atomic mass is 10.2. The molecule has 0 aromatic rings. The van der Waals surface area contributed by atoms with Crippen LogP contribution < -0.4 is 5.32 Å². The van der Waals surface area contributed by atoms with E-state index in [9.17, 15) is 9.90 Å². The third-order valence-electron chi connectivity index (χ3n) is 2.51. The van der Waals surface area contributed by atoms with Gasteiger partial charge in [0.05, 0.1) is 23.8 Å². The van der Waals surface area contributed by atoms with Crippen molar-refractivity contribution in [2.75, 3.05) is 23.9 Å². The fraction of sp³-hybridized carbons (Fsp3) is 0.909. The van der Waals surface area contributed by atoms with E-state index in [0.29, 0.717) is 17.7 Å². The van der Waals surface area contributed by atoms with Gasteiger partial charge in [-0.2, -0.15) is 11.8 Å². The number of aliphatic hydroxyl groups is 1. The van der Waals surface area contributed by atoms with Crippen LogP contribution in [-0.4, -0.2) is 52.5 Å². The maximum atomic E-state index is 11.1.